The van der Waals surface area contributed by atoms with Crippen molar-refractivity contribution in [1.29, 1.82) is 0 Å². The fourth-order valence-corrected chi connectivity index (χ4v) is 4.45. The summed E-state index contributed by atoms with van der Waals surface area (Å²) in [5.41, 5.74) is 4.57. The maximum atomic E-state index is 12.2. The first-order valence-electron chi connectivity index (χ1n) is 11.7. The van der Waals surface area contributed by atoms with Crippen LogP contribution in [0, 0.1) is 5.92 Å². The van der Waals surface area contributed by atoms with Crippen LogP contribution in [0.5, 0.6) is 0 Å². The smallest absolute Gasteiger partial charge is 0.410 e. The van der Waals surface area contributed by atoms with E-state index < -0.39 is 5.60 Å². The summed E-state index contributed by atoms with van der Waals surface area (Å²) >= 11 is 0. The van der Waals surface area contributed by atoms with E-state index in [9.17, 15) is 4.79 Å². The number of nitrogens with zero attached hydrogens (tertiary/aromatic N) is 3. The molecule has 6 heteroatoms. The zero-order valence-electron chi connectivity index (χ0n) is 20.0. The molecule has 0 spiro atoms. The van der Waals surface area contributed by atoms with E-state index in [4.69, 9.17) is 4.74 Å². The molecule has 1 amide bonds. The standard InChI is InChI=1S/C26H36N4O2/c1-18(14-19-6-8-20(9-7-19)21-16-27-29(5)17-21)23-15-24(23)28-22-10-12-30(13-11-22)25(31)32-26(2,3)4/h6-9,14,16-17,22-24,28H,10-13,15H2,1-5H3/b18-14+. The Morgan fingerprint density at radius 1 is 1.16 bits per heavy atom. The molecule has 0 bridgehead atoms. The Labute approximate surface area is 191 Å². The van der Waals surface area contributed by atoms with E-state index in [0.29, 0.717) is 18.0 Å². The minimum absolute atomic E-state index is 0.187. The van der Waals surface area contributed by atoms with Crippen molar-refractivity contribution < 1.29 is 9.53 Å². The van der Waals surface area contributed by atoms with Gasteiger partial charge in [-0.2, -0.15) is 5.10 Å². The molecule has 2 heterocycles. The molecule has 0 radical (unpaired) electrons. The summed E-state index contributed by atoms with van der Waals surface area (Å²) in [5.74, 6) is 0.608. The maximum absolute atomic E-state index is 12.2. The lowest BCUT2D eigenvalue weighted by atomic mass is 10.0. The van der Waals surface area contributed by atoms with Gasteiger partial charge in [-0.05, 0) is 64.0 Å². The molecule has 1 aliphatic carbocycles. The number of ether oxygens (including phenoxy) is 1. The molecule has 1 aliphatic heterocycles. The lowest BCUT2D eigenvalue weighted by Crippen LogP contribution is -2.47. The van der Waals surface area contributed by atoms with Gasteiger partial charge in [0.1, 0.15) is 5.60 Å². The second-order valence-electron chi connectivity index (χ2n) is 10.3. The van der Waals surface area contributed by atoms with Crippen molar-refractivity contribution in [3.63, 3.8) is 0 Å². The SMILES string of the molecule is C/C(=C\c1ccc(-c2cnn(C)c2)cc1)C1CC1NC1CCN(C(=O)OC(C)(C)C)CC1. The Morgan fingerprint density at radius 3 is 2.44 bits per heavy atom. The fraction of sp³-hybridized carbons (Fsp3) is 0.538. The third-order valence-electron chi connectivity index (χ3n) is 6.31. The van der Waals surface area contributed by atoms with Gasteiger partial charge in [0, 0.05) is 44.0 Å². The number of benzene rings is 1. The summed E-state index contributed by atoms with van der Waals surface area (Å²) in [5, 5.41) is 8.07. The van der Waals surface area contributed by atoms with E-state index in [-0.39, 0.29) is 6.09 Å². The van der Waals surface area contributed by atoms with Gasteiger partial charge < -0.3 is 15.0 Å². The predicted molar refractivity (Wildman–Crippen MR) is 128 cm³/mol. The molecular formula is C26H36N4O2. The topological polar surface area (TPSA) is 59.4 Å². The van der Waals surface area contributed by atoms with Crippen LogP contribution in [0.25, 0.3) is 17.2 Å². The average molecular weight is 437 g/mol. The highest BCUT2D eigenvalue weighted by Crippen LogP contribution is 2.39. The number of carbonyl (C=O) groups excluding carboxylic acids is 1. The number of likely N-dealkylation sites (tertiary alicyclic amines) is 1. The Hall–Kier alpha value is -2.60. The molecule has 2 aliphatic rings. The Balaban J connectivity index is 1.24. The molecule has 1 N–H and O–H groups in total. The number of piperidine rings is 1. The predicted octanol–water partition coefficient (Wildman–Crippen LogP) is 4.87. The minimum Gasteiger partial charge on any atom is -0.444 e. The van der Waals surface area contributed by atoms with Gasteiger partial charge in [-0.25, -0.2) is 4.79 Å². The monoisotopic (exact) mass is 436 g/mol. The van der Waals surface area contributed by atoms with Crippen molar-refractivity contribution in [2.24, 2.45) is 13.0 Å². The van der Waals surface area contributed by atoms with Crippen LogP contribution < -0.4 is 5.32 Å². The molecule has 4 rings (SSSR count). The molecule has 2 aromatic rings. The summed E-state index contributed by atoms with van der Waals surface area (Å²) in [6.07, 6.45) is 9.23. The number of hydrogen-bond donors (Lipinski definition) is 1. The van der Waals surface area contributed by atoms with Crippen LogP contribution in [-0.4, -0.2) is 51.5 Å². The number of amides is 1. The minimum atomic E-state index is -0.434. The Bertz CT molecular complexity index is 962. The number of aryl methyl sites for hydroxylation is 1. The van der Waals surface area contributed by atoms with Gasteiger partial charge in [-0.3, -0.25) is 4.68 Å². The first-order valence-corrected chi connectivity index (χ1v) is 11.7. The lowest BCUT2D eigenvalue weighted by molar-refractivity contribution is 0.0198. The Morgan fingerprint density at radius 2 is 1.84 bits per heavy atom. The third kappa shape index (κ3) is 5.80. The molecular weight excluding hydrogens is 400 g/mol. The second kappa shape index (κ2) is 9.10. The van der Waals surface area contributed by atoms with Crippen molar-refractivity contribution in [1.82, 2.24) is 20.0 Å². The van der Waals surface area contributed by atoms with Crippen LogP contribution in [0.2, 0.25) is 0 Å². The van der Waals surface area contributed by atoms with Gasteiger partial charge in [0.25, 0.3) is 0 Å². The van der Waals surface area contributed by atoms with Crippen LogP contribution in [0.15, 0.2) is 42.2 Å². The van der Waals surface area contributed by atoms with Gasteiger partial charge in [0.15, 0.2) is 0 Å². The molecule has 1 saturated heterocycles. The van der Waals surface area contributed by atoms with Crippen LogP contribution in [0.1, 0.15) is 52.5 Å². The van der Waals surface area contributed by atoms with E-state index in [1.165, 1.54) is 23.1 Å². The molecule has 172 valence electrons. The van der Waals surface area contributed by atoms with E-state index in [0.717, 1.165) is 31.5 Å². The number of carbonyl (C=O) groups is 1. The average Bonchev–Trinajstić information content (AvgIpc) is 3.37. The first kappa shape index (κ1) is 22.6. The summed E-state index contributed by atoms with van der Waals surface area (Å²) in [6.45, 7) is 9.52. The second-order valence-corrected chi connectivity index (χ2v) is 10.3. The molecule has 2 atom stereocenters. The maximum Gasteiger partial charge on any atom is 0.410 e. The van der Waals surface area contributed by atoms with Crippen molar-refractivity contribution >= 4 is 12.2 Å². The zero-order chi connectivity index (χ0) is 22.9. The lowest BCUT2D eigenvalue weighted by Gasteiger charge is -2.34. The van der Waals surface area contributed by atoms with Crippen LogP contribution in [0.4, 0.5) is 4.79 Å². The molecule has 1 saturated carbocycles. The van der Waals surface area contributed by atoms with Gasteiger partial charge in [0.2, 0.25) is 0 Å². The molecule has 6 nitrogen and oxygen atoms in total. The first-order chi connectivity index (χ1) is 15.2. The highest BCUT2D eigenvalue weighted by atomic mass is 16.6. The fourth-order valence-electron chi connectivity index (χ4n) is 4.45. The van der Waals surface area contributed by atoms with E-state index in [1.54, 1.807) is 0 Å². The summed E-state index contributed by atoms with van der Waals surface area (Å²) in [4.78, 5) is 14.1. The van der Waals surface area contributed by atoms with E-state index in [1.807, 2.05) is 49.8 Å². The highest BCUT2D eigenvalue weighted by Gasteiger charge is 2.40. The van der Waals surface area contributed by atoms with Crippen molar-refractivity contribution in [2.75, 3.05) is 13.1 Å². The normalized spacial score (nSPS) is 22.2. The number of hydrogen-bond acceptors (Lipinski definition) is 4. The van der Waals surface area contributed by atoms with E-state index in [2.05, 4.69) is 47.7 Å². The zero-order valence-corrected chi connectivity index (χ0v) is 20.0. The quantitative estimate of drug-likeness (QED) is 0.727. The number of nitrogens with one attached hydrogen (secondary N) is 1. The van der Waals surface area contributed by atoms with Crippen molar-refractivity contribution in [2.45, 2.75) is 64.6 Å². The van der Waals surface area contributed by atoms with Crippen molar-refractivity contribution in [3.8, 4) is 11.1 Å². The van der Waals surface area contributed by atoms with Gasteiger partial charge >= 0.3 is 6.09 Å². The van der Waals surface area contributed by atoms with Crippen LogP contribution in [-0.2, 0) is 11.8 Å². The number of rotatable bonds is 5. The Kier molecular flexibility index (Phi) is 6.42. The molecule has 2 fully saturated rings. The van der Waals surface area contributed by atoms with Gasteiger partial charge in [-0.1, -0.05) is 35.9 Å². The number of aromatic nitrogens is 2. The highest BCUT2D eigenvalue weighted by molar-refractivity contribution is 5.68. The van der Waals surface area contributed by atoms with Gasteiger partial charge in [-0.15, -0.1) is 0 Å². The van der Waals surface area contributed by atoms with Crippen LogP contribution >= 0.6 is 0 Å². The molecule has 2 unspecified atom stereocenters. The summed E-state index contributed by atoms with van der Waals surface area (Å²) in [7, 11) is 1.94. The largest absolute Gasteiger partial charge is 0.444 e. The molecule has 1 aromatic heterocycles. The molecule has 1 aromatic carbocycles. The van der Waals surface area contributed by atoms with Crippen LogP contribution in [0.3, 0.4) is 0 Å². The summed E-state index contributed by atoms with van der Waals surface area (Å²) < 4.78 is 7.33. The third-order valence-corrected chi connectivity index (χ3v) is 6.31. The summed E-state index contributed by atoms with van der Waals surface area (Å²) in [6, 6.07) is 9.73. The van der Waals surface area contributed by atoms with E-state index >= 15 is 0 Å². The molecule has 32 heavy (non-hydrogen) atoms. The van der Waals surface area contributed by atoms with Gasteiger partial charge in [0.05, 0.1) is 6.20 Å². The van der Waals surface area contributed by atoms with Crippen molar-refractivity contribution in [3.05, 3.63) is 47.8 Å².